The highest BCUT2D eigenvalue weighted by molar-refractivity contribution is 7.03. The number of anilines is 2. The highest BCUT2D eigenvalue weighted by atomic mass is 35.5. The van der Waals surface area contributed by atoms with Gasteiger partial charge in [0.2, 0.25) is 0 Å². The van der Waals surface area contributed by atoms with Gasteiger partial charge in [-0.25, -0.2) is 0 Å². The molecule has 5 rings (SSSR count). The third-order valence-electron chi connectivity index (χ3n) is 5.24. The van der Waals surface area contributed by atoms with E-state index in [0.717, 1.165) is 45.0 Å². The first-order valence-electron chi connectivity index (χ1n) is 10.4. The molecule has 2 aromatic heterocycles. The van der Waals surface area contributed by atoms with Crippen LogP contribution in [0.1, 0.15) is 11.1 Å². The van der Waals surface area contributed by atoms with Crippen molar-refractivity contribution in [3.8, 4) is 22.5 Å². The lowest BCUT2D eigenvalue weighted by molar-refractivity contribution is 1.13. The maximum Gasteiger partial charge on any atom is 0.105 e. The summed E-state index contributed by atoms with van der Waals surface area (Å²) in [6, 6.07) is 20.1. The van der Waals surface area contributed by atoms with E-state index in [4.69, 9.17) is 23.2 Å². The number of aromatic nitrogens is 4. The molecule has 0 aliphatic rings. The fourth-order valence-electron chi connectivity index (χ4n) is 3.38. The normalized spacial score (nSPS) is 10.9. The van der Waals surface area contributed by atoms with Gasteiger partial charge in [-0.05, 0) is 46.3 Å². The van der Waals surface area contributed by atoms with Crippen LogP contribution < -0.4 is 10.6 Å². The number of nitrogens with one attached hydrogen (secondary N) is 2. The molecule has 0 fully saturated rings. The molecule has 0 unspecified atom stereocenters. The fourth-order valence-corrected chi connectivity index (χ4v) is 4.77. The first-order valence-corrected chi connectivity index (χ1v) is 12.8. The second-order valence-electron chi connectivity index (χ2n) is 7.49. The molecule has 34 heavy (non-hydrogen) atoms. The van der Waals surface area contributed by atoms with E-state index >= 15 is 0 Å². The summed E-state index contributed by atoms with van der Waals surface area (Å²) < 4.78 is 7.82. The SMILES string of the molecule is Clc1cc(NCc2ccc(-c3csnn3)cc2)c(Cl)cc1NCc1ccc(-c2csnn2)cc1. The summed E-state index contributed by atoms with van der Waals surface area (Å²) in [5, 5.41) is 20.0. The summed E-state index contributed by atoms with van der Waals surface area (Å²) in [7, 11) is 0. The van der Waals surface area contributed by atoms with Crippen LogP contribution in [0.2, 0.25) is 10.0 Å². The summed E-state index contributed by atoms with van der Waals surface area (Å²) in [5.74, 6) is 0. The first-order chi connectivity index (χ1) is 16.7. The van der Waals surface area contributed by atoms with Gasteiger partial charge in [-0.1, -0.05) is 80.7 Å². The third kappa shape index (κ3) is 5.37. The van der Waals surface area contributed by atoms with Gasteiger partial charge < -0.3 is 10.6 Å². The number of nitrogens with zero attached hydrogens (tertiary/aromatic N) is 4. The average molecular weight is 525 g/mol. The maximum atomic E-state index is 6.53. The largest absolute Gasteiger partial charge is 0.380 e. The van der Waals surface area contributed by atoms with Crippen molar-refractivity contribution in [3.63, 3.8) is 0 Å². The van der Waals surface area contributed by atoms with Crippen molar-refractivity contribution >= 4 is 57.6 Å². The molecular weight excluding hydrogens is 507 g/mol. The topological polar surface area (TPSA) is 75.6 Å². The highest BCUT2D eigenvalue weighted by Gasteiger charge is 2.09. The molecule has 2 heterocycles. The Balaban J connectivity index is 1.19. The summed E-state index contributed by atoms with van der Waals surface area (Å²) in [5.41, 5.74) is 7.67. The maximum absolute atomic E-state index is 6.53. The monoisotopic (exact) mass is 524 g/mol. The number of halogens is 2. The van der Waals surface area contributed by atoms with Crippen molar-refractivity contribution in [2.45, 2.75) is 13.1 Å². The van der Waals surface area contributed by atoms with E-state index in [1.165, 1.54) is 23.1 Å². The first kappa shape index (κ1) is 22.7. The number of rotatable bonds is 8. The van der Waals surface area contributed by atoms with Crippen molar-refractivity contribution in [2.75, 3.05) is 10.6 Å². The minimum absolute atomic E-state index is 0.600. The van der Waals surface area contributed by atoms with E-state index < -0.39 is 0 Å². The third-order valence-corrected chi connectivity index (χ3v) is 6.88. The lowest BCUT2D eigenvalue weighted by Crippen LogP contribution is -2.03. The van der Waals surface area contributed by atoms with Gasteiger partial charge in [0, 0.05) is 35.0 Å². The standard InChI is InChI=1S/C24H18Cl2N6S2/c25-19-10-22(28-12-16-3-7-18(8-4-16)24-14-34-32-30-24)20(26)9-21(19)27-11-15-1-5-17(6-2-15)23-13-33-31-29-23/h1-10,13-14,27-28H,11-12H2. The van der Waals surface area contributed by atoms with Crippen LogP contribution in [0.3, 0.4) is 0 Å². The molecule has 0 aliphatic carbocycles. The molecule has 170 valence electrons. The molecular formula is C24H18Cl2N6S2. The predicted molar refractivity (Wildman–Crippen MR) is 142 cm³/mol. The Morgan fingerprint density at radius 2 is 1.03 bits per heavy atom. The summed E-state index contributed by atoms with van der Waals surface area (Å²) in [4.78, 5) is 0. The van der Waals surface area contributed by atoms with Crippen molar-refractivity contribution in [2.24, 2.45) is 0 Å². The molecule has 0 spiro atoms. The van der Waals surface area contributed by atoms with E-state index in [9.17, 15) is 0 Å². The molecule has 5 aromatic rings. The molecule has 2 N–H and O–H groups in total. The quantitative estimate of drug-likeness (QED) is 0.222. The van der Waals surface area contributed by atoms with E-state index in [2.05, 4.69) is 54.1 Å². The van der Waals surface area contributed by atoms with Gasteiger partial charge in [0.15, 0.2) is 0 Å². The van der Waals surface area contributed by atoms with Gasteiger partial charge in [-0.3, -0.25) is 0 Å². The number of benzene rings is 3. The minimum Gasteiger partial charge on any atom is -0.380 e. The molecule has 0 radical (unpaired) electrons. The zero-order chi connectivity index (χ0) is 23.3. The van der Waals surface area contributed by atoms with Crippen molar-refractivity contribution < 1.29 is 0 Å². The Morgan fingerprint density at radius 1 is 0.618 bits per heavy atom. The molecule has 0 atom stereocenters. The predicted octanol–water partition coefficient (Wildman–Crippen LogP) is 7.25. The molecule has 0 saturated carbocycles. The Hall–Kier alpha value is -3.04. The van der Waals surface area contributed by atoms with E-state index in [1.54, 1.807) is 0 Å². The summed E-state index contributed by atoms with van der Waals surface area (Å²) >= 11 is 15.8. The smallest absolute Gasteiger partial charge is 0.105 e. The highest BCUT2D eigenvalue weighted by Crippen LogP contribution is 2.33. The molecule has 0 aliphatic heterocycles. The Bertz CT molecular complexity index is 1250. The second-order valence-corrected chi connectivity index (χ2v) is 9.53. The van der Waals surface area contributed by atoms with Crippen LogP contribution in [-0.2, 0) is 13.1 Å². The Kier molecular flexibility index (Phi) is 7.01. The Morgan fingerprint density at radius 3 is 1.38 bits per heavy atom. The van der Waals surface area contributed by atoms with E-state index in [0.29, 0.717) is 23.1 Å². The van der Waals surface area contributed by atoms with Crippen LogP contribution in [0.5, 0.6) is 0 Å². The minimum atomic E-state index is 0.600. The van der Waals surface area contributed by atoms with Crippen LogP contribution in [0.25, 0.3) is 22.5 Å². The van der Waals surface area contributed by atoms with Gasteiger partial charge in [0.25, 0.3) is 0 Å². The van der Waals surface area contributed by atoms with Crippen molar-refractivity contribution in [1.82, 2.24) is 19.2 Å². The molecule has 0 bridgehead atoms. The van der Waals surface area contributed by atoms with Crippen LogP contribution in [-0.4, -0.2) is 19.2 Å². The average Bonchev–Trinajstić information content (AvgIpc) is 3.59. The fraction of sp³-hybridized carbons (Fsp3) is 0.0833. The molecule has 3 aromatic carbocycles. The van der Waals surface area contributed by atoms with Crippen molar-refractivity contribution in [3.05, 3.63) is 92.6 Å². The lowest BCUT2D eigenvalue weighted by atomic mass is 10.1. The van der Waals surface area contributed by atoms with E-state index in [-0.39, 0.29) is 0 Å². The molecule has 10 heteroatoms. The van der Waals surface area contributed by atoms with Gasteiger partial charge in [-0.2, -0.15) is 0 Å². The van der Waals surface area contributed by atoms with Crippen LogP contribution in [0, 0.1) is 0 Å². The van der Waals surface area contributed by atoms with Crippen LogP contribution >= 0.6 is 46.3 Å². The van der Waals surface area contributed by atoms with Gasteiger partial charge in [-0.15, -0.1) is 10.2 Å². The number of hydrogen-bond donors (Lipinski definition) is 2. The Labute approximate surface area is 214 Å². The molecule has 6 nitrogen and oxygen atoms in total. The summed E-state index contributed by atoms with van der Waals surface area (Å²) in [6.45, 7) is 1.25. The van der Waals surface area contributed by atoms with Crippen LogP contribution in [0.15, 0.2) is 71.4 Å². The van der Waals surface area contributed by atoms with Gasteiger partial charge in [0.05, 0.1) is 21.4 Å². The second kappa shape index (κ2) is 10.5. The van der Waals surface area contributed by atoms with Crippen LogP contribution in [0.4, 0.5) is 11.4 Å². The zero-order valence-corrected chi connectivity index (χ0v) is 20.8. The zero-order valence-electron chi connectivity index (χ0n) is 17.7. The van der Waals surface area contributed by atoms with Crippen molar-refractivity contribution in [1.29, 1.82) is 0 Å². The van der Waals surface area contributed by atoms with Gasteiger partial charge in [0.1, 0.15) is 11.4 Å². The van der Waals surface area contributed by atoms with Gasteiger partial charge >= 0.3 is 0 Å². The number of hydrogen-bond acceptors (Lipinski definition) is 8. The summed E-state index contributed by atoms with van der Waals surface area (Å²) in [6.07, 6.45) is 0. The van der Waals surface area contributed by atoms with E-state index in [1.807, 2.05) is 47.2 Å². The lowest BCUT2D eigenvalue weighted by Gasteiger charge is -2.14. The molecule has 0 saturated heterocycles. The molecule has 0 amide bonds.